The molecule has 190 valence electrons. The van der Waals surface area contributed by atoms with Crippen LogP contribution in [0.15, 0.2) is 24.3 Å². The lowest BCUT2D eigenvalue weighted by Gasteiger charge is -2.28. The van der Waals surface area contributed by atoms with Gasteiger partial charge >= 0.3 is 6.09 Å². The number of aliphatic hydroxyl groups is 2. The van der Waals surface area contributed by atoms with Gasteiger partial charge in [0.1, 0.15) is 11.4 Å². The SMILES string of the molecule is CC(C)(C)OC(=O)N1C[C@H](O)C[C@@H](NCc2ccc(OCCCN3CCCC3=O)cc2)[C@H](O)C1. The Kier molecular flexibility index (Phi) is 9.16. The topological polar surface area (TPSA) is 112 Å². The van der Waals surface area contributed by atoms with Crippen molar-refractivity contribution in [3.05, 3.63) is 29.8 Å². The Labute approximate surface area is 202 Å². The highest BCUT2D eigenvalue weighted by Gasteiger charge is 2.33. The minimum absolute atomic E-state index is 0.0967. The molecule has 3 rings (SSSR count). The first-order chi connectivity index (χ1) is 16.1. The number of ether oxygens (including phenoxy) is 2. The molecule has 0 unspecified atom stereocenters. The predicted octanol–water partition coefficient (Wildman–Crippen LogP) is 1.90. The van der Waals surface area contributed by atoms with Crippen LogP contribution in [0.3, 0.4) is 0 Å². The van der Waals surface area contributed by atoms with E-state index in [1.807, 2.05) is 29.2 Å². The van der Waals surface area contributed by atoms with Crippen molar-refractivity contribution in [3.8, 4) is 5.75 Å². The molecular weight excluding hydrogens is 438 g/mol. The maximum absolute atomic E-state index is 12.4. The monoisotopic (exact) mass is 477 g/mol. The zero-order valence-corrected chi connectivity index (χ0v) is 20.5. The van der Waals surface area contributed by atoms with Crippen LogP contribution >= 0.6 is 0 Å². The highest BCUT2D eigenvalue weighted by Crippen LogP contribution is 2.18. The van der Waals surface area contributed by atoms with E-state index in [1.165, 1.54) is 4.90 Å². The number of likely N-dealkylation sites (tertiary alicyclic amines) is 2. The smallest absolute Gasteiger partial charge is 0.410 e. The molecule has 34 heavy (non-hydrogen) atoms. The van der Waals surface area contributed by atoms with Gasteiger partial charge in [-0.2, -0.15) is 0 Å². The number of carbonyl (C=O) groups excluding carboxylic acids is 2. The molecule has 9 nitrogen and oxygen atoms in total. The molecule has 0 saturated carbocycles. The largest absolute Gasteiger partial charge is 0.494 e. The van der Waals surface area contributed by atoms with Crippen molar-refractivity contribution in [3.63, 3.8) is 0 Å². The first kappa shape index (κ1) is 26.2. The fourth-order valence-electron chi connectivity index (χ4n) is 4.24. The van der Waals surface area contributed by atoms with Crippen LogP contribution in [-0.4, -0.2) is 88.7 Å². The number of amides is 2. The fraction of sp³-hybridized carbons (Fsp3) is 0.680. The molecule has 0 aliphatic carbocycles. The van der Waals surface area contributed by atoms with E-state index in [4.69, 9.17) is 9.47 Å². The summed E-state index contributed by atoms with van der Waals surface area (Å²) < 4.78 is 11.2. The van der Waals surface area contributed by atoms with Gasteiger partial charge in [0.25, 0.3) is 0 Å². The van der Waals surface area contributed by atoms with Gasteiger partial charge in [-0.15, -0.1) is 0 Å². The Hall–Kier alpha value is -2.36. The van der Waals surface area contributed by atoms with Gasteiger partial charge in [-0.05, 0) is 57.7 Å². The first-order valence-electron chi connectivity index (χ1n) is 12.2. The van der Waals surface area contributed by atoms with E-state index < -0.39 is 23.9 Å². The molecule has 2 aliphatic rings. The van der Waals surface area contributed by atoms with E-state index in [1.54, 1.807) is 20.8 Å². The lowest BCUT2D eigenvalue weighted by molar-refractivity contribution is -0.127. The third-order valence-corrected chi connectivity index (χ3v) is 5.98. The molecule has 2 aliphatic heterocycles. The van der Waals surface area contributed by atoms with Crippen LogP contribution in [-0.2, 0) is 16.1 Å². The number of benzene rings is 1. The molecule has 2 saturated heterocycles. The average Bonchev–Trinajstić information content (AvgIpc) is 3.11. The summed E-state index contributed by atoms with van der Waals surface area (Å²) >= 11 is 0. The van der Waals surface area contributed by atoms with Crippen molar-refractivity contribution in [2.45, 2.75) is 76.9 Å². The Morgan fingerprint density at radius 1 is 1.18 bits per heavy atom. The zero-order valence-electron chi connectivity index (χ0n) is 20.5. The molecule has 3 atom stereocenters. The Bertz CT molecular complexity index is 810. The lowest BCUT2D eigenvalue weighted by atomic mass is 10.0. The maximum atomic E-state index is 12.4. The summed E-state index contributed by atoms with van der Waals surface area (Å²) in [5.74, 6) is 1.01. The first-order valence-corrected chi connectivity index (χ1v) is 12.2. The Morgan fingerprint density at radius 3 is 2.56 bits per heavy atom. The van der Waals surface area contributed by atoms with E-state index in [0.717, 1.165) is 37.2 Å². The van der Waals surface area contributed by atoms with Crippen molar-refractivity contribution < 1.29 is 29.3 Å². The standard InChI is InChI=1S/C25H39N3O6/c1-25(2,3)34-24(32)28-16-19(29)14-21(22(30)17-28)26-15-18-7-9-20(10-8-18)33-13-5-12-27-11-4-6-23(27)31/h7-10,19,21-22,26,29-30H,4-6,11-17H2,1-3H3/t19-,21-,22-/m1/s1. The average molecular weight is 478 g/mol. The number of carbonyl (C=O) groups is 2. The molecule has 1 aromatic carbocycles. The summed E-state index contributed by atoms with van der Waals surface area (Å²) in [5.41, 5.74) is 0.379. The number of nitrogens with one attached hydrogen (secondary N) is 1. The van der Waals surface area contributed by atoms with Gasteiger partial charge in [-0.25, -0.2) is 4.79 Å². The second kappa shape index (κ2) is 11.9. The molecule has 2 fully saturated rings. The molecule has 1 aromatic rings. The number of hydrogen-bond acceptors (Lipinski definition) is 7. The molecule has 3 N–H and O–H groups in total. The second-order valence-corrected chi connectivity index (χ2v) is 10.2. The summed E-state index contributed by atoms with van der Waals surface area (Å²) in [5, 5.41) is 24.3. The van der Waals surface area contributed by atoms with Gasteiger partial charge in [-0.3, -0.25) is 4.79 Å². The predicted molar refractivity (Wildman–Crippen MR) is 127 cm³/mol. The van der Waals surface area contributed by atoms with Crippen molar-refractivity contribution in [1.29, 1.82) is 0 Å². The van der Waals surface area contributed by atoms with Crippen molar-refractivity contribution >= 4 is 12.0 Å². The lowest BCUT2D eigenvalue weighted by Crippen LogP contribution is -2.46. The number of nitrogens with zero attached hydrogens (tertiary/aromatic N) is 2. The Morgan fingerprint density at radius 2 is 1.91 bits per heavy atom. The maximum Gasteiger partial charge on any atom is 0.410 e. The Balaban J connectivity index is 1.42. The number of hydrogen-bond donors (Lipinski definition) is 3. The van der Waals surface area contributed by atoms with Crippen LogP contribution in [0.1, 0.15) is 52.0 Å². The van der Waals surface area contributed by atoms with Crippen molar-refractivity contribution in [2.24, 2.45) is 0 Å². The quantitative estimate of drug-likeness (QED) is 0.490. The van der Waals surface area contributed by atoms with Gasteiger partial charge < -0.3 is 34.8 Å². The highest BCUT2D eigenvalue weighted by atomic mass is 16.6. The van der Waals surface area contributed by atoms with Gasteiger partial charge in [0, 0.05) is 32.1 Å². The van der Waals surface area contributed by atoms with Gasteiger partial charge in [-0.1, -0.05) is 12.1 Å². The third kappa shape index (κ3) is 8.14. The zero-order chi connectivity index (χ0) is 24.7. The number of rotatable bonds is 8. The van der Waals surface area contributed by atoms with E-state index in [-0.39, 0.29) is 25.0 Å². The summed E-state index contributed by atoms with van der Waals surface area (Å²) in [6.07, 6.45) is 0.638. The van der Waals surface area contributed by atoms with Crippen LogP contribution < -0.4 is 10.1 Å². The molecule has 2 heterocycles. The second-order valence-electron chi connectivity index (χ2n) is 10.2. The van der Waals surface area contributed by atoms with E-state index in [9.17, 15) is 19.8 Å². The van der Waals surface area contributed by atoms with Crippen LogP contribution in [0, 0.1) is 0 Å². The van der Waals surface area contributed by atoms with Crippen LogP contribution in [0.2, 0.25) is 0 Å². The summed E-state index contributed by atoms with van der Waals surface area (Å²) in [7, 11) is 0. The fourth-order valence-corrected chi connectivity index (χ4v) is 4.24. The van der Waals surface area contributed by atoms with E-state index in [2.05, 4.69) is 5.32 Å². The van der Waals surface area contributed by atoms with Gasteiger partial charge in [0.2, 0.25) is 5.91 Å². The minimum atomic E-state index is -0.824. The summed E-state index contributed by atoms with van der Waals surface area (Å²) in [4.78, 5) is 27.3. The van der Waals surface area contributed by atoms with Crippen LogP contribution in [0.4, 0.5) is 4.79 Å². The van der Waals surface area contributed by atoms with Crippen LogP contribution in [0.25, 0.3) is 0 Å². The van der Waals surface area contributed by atoms with Crippen molar-refractivity contribution in [1.82, 2.24) is 15.1 Å². The minimum Gasteiger partial charge on any atom is -0.494 e. The molecular formula is C25H39N3O6. The van der Waals surface area contributed by atoms with Crippen molar-refractivity contribution in [2.75, 3.05) is 32.8 Å². The van der Waals surface area contributed by atoms with Gasteiger partial charge in [0.15, 0.2) is 0 Å². The summed E-state index contributed by atoms with van der Waals surface area (Å²) in [6, 6.07) is 7.37. The molecule has 0 aromatic heterocycles. The highest BCUT2D eigenvalue weighted by molar-refractivity contribution is 5.78. The third-order valence-electron chi connectivity index (χ3n) is 5.98. The van der Waals surface area contributed by atoms with Crippen LogP contribution in [0.5, 0.6) is 5.75 Å². The summed E-state index contributed by atoms with van der Waals surface area (Å²) in [6.45, 7) is 8.24. The molecule has 0 radical (unpaired) electrons. The molecule has 0 spiro atoms. The number of aliphatic hydroxyl groups excluding tert-OH is 2. The van der Waals surface area contributed by atoms with Gasteiger partial charge in [0.05, 0.1) is 31.9 Å². The van der Waals surface area contributed by atoms with E-state index in [0.29, 0.717) is 26.0 Å². The molecule has 0 bridgehead atoms. The molecule has 2 amide bonds. The normalized spacial score (nSPS) is 23.7. The van der Waals surface area contributed by atoms with E-state index >= 15 is 0 Å². The number of β-amino-alcohol motifs (C(OH)–C–C–N with tert-alkyl or cyclic N) is 2. The molecule has 9 heteroatoms.